The van der Waals surface area contributed by atoms with E-state index in [4.69, 9.17) is 23.7 Å². The predicted molar refractivity (Wildman–Crippen MR) is 116 cm³/mol. The maximum absolute atomic E-state index is 13.2. The van der Waals surface area contributed by atoms with E-state index in [0.29, 0.717) is 48.3 Å². The number of fused-ring (bicyclic) bond motifs is 3. The van der Waals surface area contributed by atoms with Crippen LogP contribution in [0.4, 0.5) is 0 Å². The summed E-state index contributed by atoms with van der Waals surface area (Å²) in [5.41, 5.74) is 3.04. The normalized spacial score (nSPS) is 16.5. The standard InChI is InChI=1S/C24H27NO6/c1-15-11-19-17(13-25(14-30-19)9-6-10-27-2)24-21(15)22(26)20(31-24)12-16-7-5-8-18(28-3)23(16)29-4/h5,7-8,11-12H,6,9-10,13-14H2,1-4H3/b20-12-. The van der Waals surface area contributed by atoms with Crippen molar-refractivity contribution in [2.75, 3.05) is 41.2 Å². The number of para-hydroxylation sites is 1. The van der Waals surface area contributed by atoms with Gasteiger partial charge in [0.15, 0.2) is 17.3 Å². The van der Waals surface area contributed by atoms with E-state index in [1.54, 1.807) is 27.4 Å². The van der Waals surface area contributed by atoms with Gasteiger partial charge in [0.2, 0.25) is 5.78 Å². The maximum atomic E-state index is 13.2. The first-order chi connectivity index (χ1) is 15.1. The van der Waals surface area contributed by atoms with Crippen LogP contribution in [0.3, 0.4) is 0 Å². The van der Waals surface area contributed by atoms with Gasteiger partial charge in [0, 0.05) is 32.4 Å². The lowest BCUT2D eigenvalue weighted by atomic mass is 9.98. The molecule has 0 saturated carbocycles. The van der Waals surface area contributed by atoms with Crippen molar-refractivity contribution in [3.8, 4) is 23.0 Å². The Labute approximate surface area is 182 Å². The molecule has 0 aliphatic carbocycles. The molecule has 2 aliphatic heterocycles. The zero-order valence-electron chi connectivity index (χ0n) is 18.3. The van der Waals surface area contributed by atoms with Crippen LogP contribution < -0.4 is 18.9 Å². The summed E-state index contributed by atoms with van der Waals surface area (Å²) in [6.45, 7) is 4.61. The van der Waals surface area contributed by atoms with Crippen LogP contribution in [0.25, 0.3) is 6.08 Å². The number of methoxy groups -OCH3 is 3. The molecule has 7 heteroatoms. The highest BCUT2D eigenvalue weighted by molar-refractivity contribution is 6.16. The Morgan fingerprint density at radius 2 is 2.03 bits per heavy atom. The molecule has 0 N–H and O–H groups in total. The molecular formula is C24H27NO6. The minimum atomic E-state index is -0.142. The average Bonchev–Trinajstić information content (AvgIpc) is 3.11. The van der Waals surface area contributed by atoms with Gasteiger partial charge >= 0.3 is 0 Å². The molecule has 0 fully saturated rings. The van der Waals surface area contributed by atoms with Gasteiger partial charge in [-0.15, -0.1) is 0 Å². The van der Waals surface area contributed by atoms with E-state index in [2.05, 4.69) is 4.90 Å². The van der Waals surface area contributed by atoms with Gasteiger partial charge in [-0.2, -0.15) is 0 Å². The van der Waals surface area contributed by atoms with Crippen molar-refractivity contribution >= 4 is 11.9 Å². The molecule has 31 heavy (non-hydrogen) atoms. The third kappa shape index (κ3) is 3.98. The molecule has 2 heterocycles. The predicted octanol–water partition coefficient (Wildman–Crippen LogP) is 3.82. The molecule has 2 aliphatic rings. The zero-order valence-corrected chi connectivity index (χ0v) is 18.3. The van der Waals surface area contributed by atoms with Crippen LogP contribution in [-0.2, 0) is 11.3 Å². The monoisotopic (exact) mass is 425 g/mol. The van der Waals surface area contributed by atoms with Crippen molar-refractivity contribution in [1.82, 2.24) is 4.90 Å². The lowest BCUT2D eigenvalue weighted by Crippen LogP contribution is -2.33. The fourth-order valence-electron chi connectivity index (χ4n) is 4.02. The summed E-state index contributed by atoms with van der Waals surface area (Å²) >= 11 is 0. The van der Waals surface area contributed by atoms with Crippen molar-refractivity contribution < 1.29 is 28.5 Å². The highest BCUT2D eigenvalue weighted by Gasteiger charge is 2.35. The van der Waals surface area contributed by atoms with Gasteiger partial charge < -0.3 is 23.7 Å². The number of rotatable bonds is 7. The topological polar surface area (TPSA) is 66.5 Å². The highest BCUT2D eigenvalue weighted by atomic mass is 16.5. The molecule has 7 nitrogen and oxygen atoms in total. The van der Waals surface area contributed by atoms with Gasteiger partial charge in [0.05, 0.1) is 25.3 Å². The highest BCUT2D eigenvalue weighted by Crippen LogP contribution is 2.44. The minimum absolute atomic E-state index is 0.142. The molecule has 164 valence electrons. The Morgan fingerprint density at radius 3 is 2.77 bits per heavy atom. The first kappa shape index (κ1) is 21.2. The number of carbonyl (C=O) groups is 1. The lowest BCUT2D eigenvalue weighted by Gasteiger charge is -2.30. The van der Waals surface area contributed by atoms with Gasteiger partial charge in [-0.3, -0.25) is 9.69 Å². The van der Waals surface area contributed by atoms with Crippen LogP contribution in [0.2, 0.25) is 0 Å². The van der Waals surface area contributed by atoms with E-state index in [9.17, 15) is 4.79 Å². The van der Waals surface area contributed by atoms with Crippen molar-refractivity contribution in [3.05, 3.63) is 52.3 Å². The van der Waals surface area contributed by atoms with Crippen molar-refractivity contribution in [1.29, 1.82) is 0 Å². The molecule has 2 aromatic carbocycles. The second-order valence-electron chi connectivity index (χ2n) is 7.57. The van der Waals surface area contributed by atoms with E-state index < -0.39 is 0 Å². The van der Waals surface area contributed by atoms with Gasteiger partial charge in [0.1, 0.15) is 18.2 Å². The molecule has 0 amide bonds. The van der Waals surface area contributed by atoms with E-state index in [-0.39, 0.29) is 11.5 Å². The maximum Gasteiger partial charge on any atom is 0.232 e. The number of ketones is 1. The molecule has 4 rings (SSSR count). The number of hydrogen-bond donors (Lipinski definition) is 0. The SMILES string of the molecule is COCCCN1COc2cc(C)c3c(c2C1)O/C(=C\c1cccc(OC)c1OC)C3=O. The van der Waals surface area contributed by atoms with Crippen LogP contribution in [0.15, 0.2) is 30.0 Å². The molecule has 2 aromatic rings. The van der Waals surface area contributed by atoms with Crippen molar-refractivity contribution in [2.24, 2.45) is 0 Å². The first-order valence-corrected chi connectivity index (χ1v) is 10.2. The number of hydrogen-bond acceptors (Lipinski definition) is 7. The van der Waals surface area contributed by atoms with Crippen LogP contribution in [0.1, 0.15) is 33.5 Å². The van der Waals surface area contributed by atoms with Crippen LogP contribution >= 0.6 is 0 Å². The van der Waals surface area contributed by atoms with Crippen molar-refractivity contribution in [2.45, 2.75) is 19.9 Å². The largest absolute Gasteiger partial charge is 0.493 e. The Kier molecular flexibility index (Phi) is 6.15. The Morgan fingerprint density at radius 1 is 1.19 bits per heavy atom. The van der Waals surface area contributed by atoms with Crippen molar-refractivity contribution in [3.63, 3.8) is 0 Å². The van der Waals surface area contributed by atoms with Gasteiger partial charge in [0.25, 0.3) is 0 Å². The van der Waals surface area contributed by atoms with E-state index in [1.165, 1.54) is 0 Å². The van der Waals surface area contributed by atoms with Crippen LogP contribution in [0, 0.1) is 6.92 Å². The number of carbonyl (C=O) groups excluding carboxylic acids is 1. The molecule has 0 unspecified atom stereocenters. The Balaban J connectivity index is 1.68. The fraction of sp³-hybridized carbons (Fsp3) is 0.375. The quantitative estimate of drug-likeness (QED) is 0.494. The average molecular weight is 425 g/mol. The number of aryl methyl sites for hydroxylation is 1. The minimum Gasteiger partial charge on any atom is -0.493 e. The molecule has 0 bridgehead atoms. The summed E-state index contributed by atoms with van der Waals surface area (Å²) < 4.78 is 28.1. The summed E-state index contributed by atoms with van der Waals surface area (Å²) in [6, 6.07) is 7.44. The number of nitrogens with zero attached hydrogens (tertiary/aromatic N) is 1. The summed E-state index contributed by atoms with van der Waals surface area (Å²) in [6.07, 6.45) is 2.61. The summed E-state index contributed by atoms with van der Waals surface area (Å²) in [4.78, 5) is 15.4. The van der Waals surface area contributed by atoms with E-state index in [0.717, 1.165) is 29.8 Å². The summed E-state index contributed by atoms with van der Waals surface area (Å²) in [7, 11) is 4.85. The molecule has 0 atom stereocenters. The second-order valence-corrected chi connectivity index (χ2v) is 7.57. The Bertz CT molecular complexity index is 1030. The molecular weight excluding hydrogens is 398 g/mol. The van der Waals surface area contributed by atoms with Crippen LogP contribution in [-0.4, -0.2) is 51.9 Å². The molecule has 0 spiro atoms. The number of Topliss-reactive ketones (excluding diaryl/α,β-unsaturated/α-hetero) is 1. The fourth-order valence-corrected chi connectivity index (χ4v) is 4.02. The second kappa shape index (κ2) is 8.99. The number of benzene rings is 2. The molecule has 0 radical (unpaired) electrons. The third-order valence-corrected chi connectivity index (χ3v) is 5.53. The summed E-state index contributed by atoms with van der Waals surface area (Å²) in [5.74, 6) is 2.62. The summed E-state index contributed by atoms with van der Waals surface area (Å²) in [5, 5.41) is 0. The number of ether oxygens (including phenoxy) is 5. The van der Waals surface area contributed by atoms with Gasteiger partial charge in [-0.05, 0) is 37.1 Å². The molecule has 0 saturated heterocycles. The zero-order chi connectivity index (χ0) is 22.0. The third-order valence-electron chi connectivity index (χ3n) is 5.53. The van der Waals surface area contributed by atoms with Crippen LogP contribution in [0.5, 0.6) is 23.0 Å². The lowest BCUT2D eigenvalue weighted by molar-refractivity contribution is 0.0822. The first-order valence-electron chi connectivity index (χ1n) is 10.2. The smallest absolute Gasteiger partial charge is 0.232 e. The van der Waals surface area contributed by atoms with E-state index in [1.807, 2.05) is 31.2 Å². The van der Waals surface area contributed by atoms with Gasteiger partial charge in [-0.25, -0.2) is 0 Å². The molecule has 0 aromatic heterocycles. The Hall–Kier alpha value is -3.03. The number of allylic oxidation sites excluding steroid dienone is 1. The van der Waals surface area contributed by atoms with E-state index >= 15 is 0 Å². The van der Waals surface area contributed by atoms with Gasteiger partial charge in [-0.1, -0.05) is 12.1 Å².